The Bertz CT molecular complexity index is 1440. The molecule has 0 saturated carbocycles. The molecule has 3 nitrogen and oxygen atoms in total. The molecule has 0 N–H and O–H groups in total. The summed E-state index contributed by atoms with van der Waals surface area (Å²) in [6, 6.07) is 26.0. The van der Waals surface area contributed by atoms with Gasteiger partial charge in [0.25, 0.3) is 5.82 Å². The van der Waals surface area contributed by atoms with Crippen LogP contribution in [0.1, 0.15) is 17.0 Å². The normalized spacial score (nSPS) is 12.2. The molecule has 3 heterocycles. The van der Waals surface area contributed by atoms with Crippen molar-refractivity contribution in [3.05, 3.63) is 107 Å². The van der Waals surface area contributed by atoms with Crippen molar-refractivity contribution in [2.75, 3.05) is 0 Å². The lowest BCUT2D eigenvalue weighted by Gasteiger charge is -2.15. The predicted molar refractivity (Wildman–Crippen MR) is 128 cm³/mol. The number of hydrogen-bond acceptors (Lipinski definition) is 1. The highest BCUT2D eigenvalue weighted by Gasteiger charge is 2.32. The van der Waals surface area contributed by atoms with Gasteiger partial charge in [0, 0.05) is 27.2 Å². The summed E-state index contributed by atoms with van der Waals surface area (Å²) in [5.74, 6) is 1.28. The number of rotatable bonds is 2. The Balaban J connectivity index is 0.00000216. The fraction of sp³-hybridized carbons (Fsp3) is 0.111. The highest BCUT2D eigenvalue weighted by molar-refractivity contribution is 9.10. The van der Waals surface area contributed by atoms with E-state index in [1.54, 1.807) is 0 Å². The second kappa shape index (κ2) is 8.30. The van der Waals surface area contributed by atoms with E-state index < -0.39 is 0 Å². The van der Waals surface area contributed by atoms with Gasteiger partial charge in [-0.05, 0) is 55.8 Å². The third-order valence-corrected chi connectivity index (χ3v) is 6.68. The Morgan fingerprint density at radius 2 is 1.69 bits per heavy atom. The van der Waals surface area contributed by atoms with E-state index in [4.69, 9.17) is 4.98 Å². The second-order valence-corrected chi connectivity index (χ2v) is 9.04. The second-order valence-electron chi connectivity index (χ2n) is 8.13. The van der Waals surface area contributed by atoms with Gasteiger partial charge in [-0.3, -0.25) is 4.98 Å². The Kier molecular flexibility index (Phi) is 5.48. The summed E-state index contributed by atoms with van der Waals surface area (Å²) in [5.41, 5.74) is 8.47. The Labute approximate surface area is 206 Å². The number of benzene rings is 3. The molecular weight excluding hydrogens is 526 g/mol. The van der Waals surface area contributed by atoms with E-state index in [0.29, 0.717) is 0 Å². The number of hydrogen-bond donors (Lipinski definition) is 0. The van der Waals surface area contributed by atoms with Crippen LogP contribution in [-0.2, 0) is 12.8 Å². The zero-order valence-corrected chi connectivity index (χ0v) is 20.8. The van der Waals surface area contributed by atoms with E-state index in [2.05, 4.69) is 105 Å². The van der Waals surface area contributed by atoms with Crippen LogP contribution in [0.15, 0.2) is 89.7 Å². The molecule has 0 aliphatic carbocycles. The van der Waals surface area contributed by atoms with Gasteiger partial charge in [0.1, 0.15) is 17.4 Å². The molecule has 2 aromatic heterocycles. The summed E-state index contributed by atoms with van der Waals surface area (Å²) >= 11 is 3.57. The minimum absolute atomic E-state index is 0. The predicted octanol–water partition coefficient (Wildman–Crippen LogP) is 3.14. The summed E-state index contributed by atoms with van der Waals surface area (Å²) in [6.07, 6.45) is 6.17. The molecule has 0 atom stereocenters. The zero-order chi connectivity index (χ0) is 20.9. The summed E-state index contributed by atoms with van der Waals surface area (Å²) in [4.78, 5) is 4.76. The third kappa shape index (κ3) is 3.40. The minimum Gasteiger partial charge on any atom is -1.00 e. The minimum atomic E-state index is 0. The van der Waals surface area contributed by atoms with Gasteiger partial charge in [-0.1, -0.05) is 51.8 Å². The molecule has 0 saturated heterocycles. The van der Waals surface area contributed by atoms with Crippen molar-refractivity contribution < 1.29 is 21.5 Å². The molecule has 1 aliphatic heterocycles. The average molecular weight is 547 g/mol. The van der Waals surface area contributed by atoms with Crippen LogP contribution in [-0.4, -0.2) is 9.55 Å². The van der Waals surface area contributed by atoms with E-state index in [0.717, 1.165) is 22.8 Å². The SMILES string of the molecule is Cc1ccc(-n2c(-c3ccc(Br)cc3)c[n+]3c2CCc2ccc4cccnc4c2-3)cc1.[Br-]. The monoisotopic (exact) mass is 545 g/mol. The van der Waals surface area contributed by atoms with Crippen LogP contribution < -0.4 is 21.5 Å². The Morgan fingerprint density at radius 3 is 2.47 bits per heavy atom. The van der Waals surface area contributed by atoms with E-state index in [-0.39, 0.29) is 17.0 Å². The maximum Gasteiger partial charge on any atom is 0.267 e. The van der Waals surface area contributed by atoms with Crippen LogP contribution in [0, 0.1) is 6.92 Å². The van der Waals surface area contributed by atoms with E-state index in [9.17, 15) is 0 Å². The van der Waals surface area contributed by atoms with Gasteiger partial charge in [-0.25, -0.2) is 0 Å². The van der Waals surface area contributed by atoms with Gasteiger partial charge in [0.15, 0.2) is 11.4 Å². The molecule has 0 radical (unpaired) electrons. The first kappa shape index (κ1) is 21.1. The molecule has 0 amide bonds. The fourth-order valence-electron chi connectivity index (χ4n) is 4.62. The summed E-state index contributed by atoms with van der Waals surface area (Å²) in [7, 11) is 0. The van der Waals surface area contributed by atoms with Gasteiger partial charge in [-0.15, -0.1) is 0 Å². The number of imidazole rings is 1. The molecule has 158 valence electrons. The number of fused-ring (bicyclic) bond motifs is 5. The first-order chi connectivity index (χ1) is 15.2. The lowest BCUT2D eigenvalue weighted by atomic mass is 10.0. The van der Waals surface area contributed by atoms with Crippen LogP contribution in [0.2, 0.25) is 0 Å². The molecule has 0 fully saturated rings. The van der Waals surface area contributed by atoms with Gasteiger partial charge >= 0.3 is 0 Å². The van der Waals surface area contributed by atoms with E-state index in [1.807, 2.05) is 12.3 Å². The maximum atomic E-state index is 4.76. The first-order valence-electron chi connectivity index (χ1n) is 10.6. The van der Waals surface area contributed by atoms with Crippen molar-refractivity contribution in [2.45, 2.75) is 19.8 Å². The van der Waals surface area contributed by atoms with Crippen molar-refractivity contribution in [1.29, 1.82) is 0 Å². The average Bonchev–Trinajstić information content (AvgIpc) is 3.19. The largest absolute Gasteiger partial charge is 1.00 e. The quantitative estimate of drug-likeness (QED) is 0.312. The number of nitrogens with zero attached hydrogens (tertiary/aromatic N) is 3. The summed E-state index contributed by atoms with van der Waals surface area (Å²) in [5, 5.41) is 1.18. The number of aromatic nitrogens is 3. The van der Waals surface area contributed by atoms with Crippen molar-refractivity contribution >= 4 is 26.8 Å². The van der Waals surface area contributed by atoms with Crippen LogP contribution in [0.4, 0.5) is 0 Å². The lowest BCUT2D eigenvalue weighted by Crippen LogP contribution is -3.00. The molecule has 5 aromatic rings. The summed E-state index contributed by atoms with van der Waals surface area (Å²) < 4.78 is 5.86. The topological polar surface area (TPSA) is 21.7 Å². The highest BCUT2D eigenvalue weighted by Crippen LogP contribution is 2.32. The molecular formula is C27H21Br2N3. The molecule has 0 unspecified atom stereocenters. The van der Waals surface area contributed by atoms with Gasteiger partial charge in [0.2, 0.25) is 0 Å². The Morgan fingerprint density at radius 1 is 0.906 bits per heavy atom. The van der Waals surface area contributed by atoms with Gasteiger partial charge < -0.3 is 17.0 Å². The summed E-state index contributed by atoms with van der Waals surface area (Å²) in [6.45, 7) is 2.13. The van der Waals surface area contributed by atoms with Crippen molar-refractivity contribution in [1.82, 2.24) is 9.55 Å². The zero-order valence-electron chi connectivity index (χ0n) is 17.6. The first-order valence-corrected chi connectivity index (χ1v) is 11.3. The van der Waals surface area contributed by atoms with Crippen LogP contribution in [0.3, 0.4) is 0 Å². The standard InChI is InChI=1S/C27H21BrN3.BrH/c1-18-4-13-23(14-5-18)31-24(19-8-11-22(28)12-9-19)17-30-25(31)15-10-21-7-6-20-3-2-16-29-26(20)27(21)30;/h2-9,11-14,16-17H,10,15H2,1H3;1H/q+1;/p-1. The molecule has 3 aromatic carbocycles. The van der Waals surface area contributed by atoms with Crippen molar-refractivity contribution in [3.8, 4) is 22.6 Å². The molecule has 6 rings (SSSR count). The van der Waals surface area contributed by atoms with Crippen LogP contribution in [0.5, 0.6) is 0 Å². The fourth-order valence-corrected chi connectivity index (χ4v) is 4.89. The van der Waals surface area contributed by atoms with E-state index >= 15 is 0 Å². The molecule has 1 aliphatic rings. The van der Waals surface area contributed by atoms with Gasteiger partial charge in [-0.2, -0.15) is 9.13 Å². The third-order valence-electron chi connectivity index (χ3n) is 6.15. The number of halogens is 2. The lowest BCUT2D eigenvalue weighted by molar-refractivity contribution is -0.605. The number of pyridine rings is 1. The van der Waals surface area contributed by atoms with Gasteiger partial charge in [0.05, 0.1) is 6.42 Å². The highest BCUT2D eigenvalue weighted by atomic mass is 79.9. The van der Waals surface area contributed by atoms with Crippen LogP contribution in [0.25, 0.3) is 33.5 Å². The Hall–Kier alpha value is -2.76. The molecule has 0 bridgehead atoms. The molecule has 32 heavy (non-hydrogen) atoms. The van der Waals surface area contributed by atoms with E-state index in [1.165, 1.54) is 45.0 Å². The maximum absolute atomic E-state index is 4.76. The van der Waals surface area contributed by atoms with Crippen molar-refractivity contribution in [3.63, 3.8) is 0 Å². The molecule has 5 heteroatoms. The molecule has 0 spiro atoms. The van der Waals surface area contributed by atoms with Crippen LogP contribution >= 0.6 is 15.9 Å². The smallest absolute Gasteiger partial charge is 0.267 e. The number of aryl methyl sites for hydroxylation is 2. The van der Waals surface area contributed by atoms with Crippen molar-refractivity contribution in [2.24, 2.45) is 0 Å².